The van der Waals surface area contributed by atoms with E-state index in [9.17, 15) is 14.0 Å². The molecule has 0 fully saturated rings. The lowest BCUT2D eigenvalue weighted by Gasteiger charge is -2.09. The molecule has 0 spiro atoms. The molecule has 2 amide bonds. The maximum Gasteiger partial charge on any atom is 0.251 e. The van der Waals surface area contributed by atoms with E-state index in [1.165, 1.54) is 12.1 Å². The summed E-state index contributed by atoms with van der Waals surface area (Å²) in [5.74, 6) is -1.85. The Bertz CT molecular complexity index is 461. The molecule has 4 N–H and O–H groups in total. The minimum atomic E-state index is -0.871. The van der Waals surface area contributed by atoms with Crippen LogP contribution >= 0.6 is 0 Å². The van der Waals surface area contributed by atoms with Crippen LogP contribution in [0.3, 0.4) is 0 Å². The average molecular weight is 253 g/mol. The first-order valence-corrected chi connectivity index (χ1v) is 5.52. The lowest BCUT2D eigenvalue weighted by Crippen LogP contribution is -2.32. The largest absolute Gasteiger partial charge is 0.366 e. The van der Waals surface area contributed by atoms with Crippen molar-refractivity contribution >= 4 is 17.5 Å². The topological polar surface area (TPSA) is 84.2 Å². The van der Waals surface area contributed by atoms with Crippen molar-refractivity contribution in [3.8, 4) is 0 Å². The van der Waals surface area contributed by atoms with E-state index in [1.54, 1.807) is 0 Å². The highest BCUT2D eigenvalue weighted by Gasteiger charge is 2.10. The van der Waals surface area contributed by atoms with Gasteiger partial charge in [0.2, 0.25) is 5.91 Å². The quantitative estimate of drug-likeness (QED) is 0.727. The molecule has 18 heavy (non-hydrogen) atoms. The van der Waals surface area contributed by atoms with Gasteiger partial charge in [-0.15, -0.1) is 0 Å². The van der Waals surface area contributed by atoms with E-state index in [4.69, 9.17) is 5.73 Å². The number of carbonyl (C=O) groups excluding carboxylic acids is 2. The number of hydrogen-bond donors (Lipinski definition) is 3. The van der Waals surface area contributed by atoms with Gasteiger partial charge < -0.3 is 16.4 Å². The monoisotopic (exact) mass is 253 g/mol. The van der Waals surface area contributed by atoms with Gasteiger partial charge in [0.05, 0.1) is 12.1 Å². The van der Waals surface area contributed by atoms with Crippen molar-refractivity contribution < 1.29 is 14.0 Å². The molecule has 0 aliphatic carbocycles. The Hall–Kier alpha value is -1.95. The van der Waals surface area contributed by atoms with Crippen molar-refractivity contribution in [2.45, 2.75) is 19.9 Å². The molecule has 5 nitrogen and oxygen atoms in total. The Morgan fingerprint density at radius 2 is 2.06 bits per heavy atom. The number of carbonyl (C=O) groups is 2. The van der Waals surface area contributed by atoms with Crippen LogP contribution in [0.15, 0.2) is 18.2 Å². The second kappa shape index (κ2) is 6.11. The van der Waals surface area contributed by atoms with Gasteiger partial charge in [-0.05, 0) is 18.2 Å². The van der Waals surface area contributed by atoms with Crippen molar-refractivity contribution in [1.29, 1.82) is 0 Å². The van der Waals surface area contributed by atoms with E-state index >= 15 is 0 Å². The fourth-order valence-corrected chi connectivity index (χ4v) is 1.29. The van der Waals surface area contributed by atoms with Crippen molar-refractivity contribution in [3.05, 3.63) is 29.6 Å². The van der Waals surface area contributed by atoms with E-state index in [-0.39, 0.29) is 24.1 Å². The zero-order valence-corrected chi connectivity index (χ0v) is 10.3. The number of amides is 2. The third kappa shape index (κ3) is 4.14. The molecule has 0 aliphatic rings. The number of halogens is 1. The maximum atomic E-state index is 13.2. The molecular weight excluding hydrogens is 237 g/mol. The summed E-state index contributed by atoms with van der Waals surface area (Å²) < 4.78 is 13.2. The van der Waals surface area contributed by atoms with Crippen LogP contribution in [0.2, 0.25) is 0 Å². The normalized spacial score (nSPS) is 10.4. The second-order valence-electron chi connectivity index (χ2n) is 4.14. The molecule has 0 heterocycles. The Balaban J connectivity index is 2.70. The molecule has 1 aromatic rings. The average Bonchev–Trinajstić information content (AvgIpc) is 2.28. The Morgan fingerprint density at radius 3 is 2.61 bits per heavy atom. The van der Waals surface area contributed by atoms with Crippen molar-refractivity contribution in [1.82, 2.24) is 5.32 Å². The highest BCUT2D eigenvalue weighted by atomic mass is 19.1. The zero-order chi connectivity index (χ0) is 13.7. The number of nitrogens with one attached hydrogen (secondary N) is 2. The molecule has 0 aliphatic heterocycles. The van der Waals surface area contributed by atoms with Crippen LogP contribution in [0.4, 0.5) is 10.1 Å². The lowest BCUT2D eigenvalue weighted by atomic mass is 10.2. The number of hydrogen-bond acceptors (Lipinski definition) is 3. The van der Waals surface area contributed by atoms with Gasteiger partial charge in [-0.3, -0.25) is 9.59 Å². The summed E-state index contributed by atoms with van der Waals surface area (Å²) in [4.78, 5) is 22.4. The lowest BCUT2D eigenvalue weighted by molar-refractivity contribution is -0.115. The summed E-state index contributed by atoms with van der Waals surface area (Å²) in [6, 6.07) is 3.86. The molecule has 0 bridgehead atoms. The second-order valence-corrected chi connectivity index (χ2v) is 4.14. The van der Waals surface area contributed by atoms with E-state index in [0.717, 1.165) is 6.07 Å². The van der Waals surface area contributed by atoms with Gasteiger partial charge in [0.25, 0.3) is 5.91 Å². The molecule has 0 saturated carbocycles. The number of benzene rings is 1. The van der Waals surface area contributed by atoms with E-state index < -0.39 is 11.7 Å². The highest BCUT2D eigenvalue weighted by Crippen LogP contribution is 2.14. The summed E-state index contributed by atoms with van der Waals surface area (Å²) in [5.41, 5.74) is 5.10. The van der Waals surface area contributed by atoms with Crippen LogP contribution < -0.4 is 16.4 Å². The molecule has 0 atom stereocenters. The fraction of sp³-hybridized carbons (Fsp3) is 0.333. The molecule has 0 radical (unpaired) electrons. The van der Waals surface area contributed by atoms with Crippen LogP contribution in [0.25, 0.3) is 0 Å². The SMILES string of the molecule is CC(C)NCC(=O)Nc1ccc(F)c(C(N)=O)c1. The van der Waals surface area contributed by atoms with E-state index in [2.05, 4.69) is 10.6 Å². The van der Waals surface area contributed by atoms with Crippen molar-refractivity contribution in [2.75, 3.05) is 11.9 Å². The smallest absolute Gasteiger partial charge is 0.251 e. The van der Waals surface area contributed by atoms with Crippen LogP contribution in [0.5, 0.6) is 0 Å². The summed E-state index contributed by atoms with van der Waals surface area (Å²) in [7, 11) is 0. The third-order valence-electron chi connectivity index (χ3n) is 2.19. The van der Waals surface area contributed by atoms with Gasteiger partial charge in [0.1, 0.15) is 5.82 Å². The first-order chi connectivity index (χ1) is 8.40. The molecule has 0 saturated heterocycles. The van der Waals surface area contributed by atoms with Gasteiger partial charge in [-0.1, -0.05) is 13.8 Å². The Morgan fingerprint density at radius 1 is 1.39 bits per heavy atom. The van der Waals surface area contributed by atoms with Gasteiger partial charge in [0.15, 0.2) is 0 Å². The minimum Gasteiger partial charge on any atom is -0.366 e. The Kier molecular flexibility index (Phi) is 4.79. The van der Waals surface area contributed by atoms with Gasteiger partial charge in [-0.25, -0.2) is 4.39 Å². The van der Waals surface area contributed by atoms with Crippen LogP contribution in [-0.2, 0) is 4.79 Å². The fourth-order valence-electron chi connectivity index (χ4n) is 1.29. The highest BCUT2D eigenvalue weighted by molar-refractivity contribution is 5.97. The summed E-state index contributed by atoms with van der Waals surface area (Å²) >= 11 is 0. The number of anilines is 1. The zero-order valence-electron chi connectivity index (χ0n) is 10.3. The minimum absolute atomic E-state index is 0.140. The molecule has 0 aromatic heterocycles. The number of primary amides is 1. The van der Waals surface area contributed by atoms with Crippen LogP contribution in [0, 0.1) is 5.82 Å². The Labute approximate surface area is 105 Å². The standard InChI is InChI=1S/C12H16FN3O2/c1-7(2)15-6-11(17)16-8-3-4-10(13)9(5-8)12(14)18/h3-5,7,15H,6H2,1-2H3,(H2,14,18)(H,16,17). The summed E-state index contributed by atoms with van der Waals surface area (Å²) in [5, 5.41) is 5.48. The molecule has 0 unspecified atom stereocenters. The predicted octanol–water partition coefficient (Wildman–Crippen LogP) is 0.861. The summed E-state index contributed by atoms with van der Waals surface area (Å²) in [6.45, 7) is 3.97. The molecule has 1 rings (SSSR count). The van der Waals surface area contributed by atoms with Crippen molar-refractivity contribution in [3.63, 3.8) is 0 Å². The van der Waals surface area contributed by atoms with E-state index in [1.807, 2.05) is 13.8 Å². The molecule has 1 aromatic carbocycles. The number of rotatable bonds is 5. The van der Waals surface area contributed by atoms with Crippen molar-refractivity contribution in [2.24, 2.45) is 5.73 Å². The van der Waals surface area contributed by atoms with Gasteiger partial charge in [0, 0.05) is 11.7 Å². The number of nitrogens with two attached hydrogens (primary N) is 1. The molecule has 98 valence electrons. The van der Waals surface area contributed by atoms with E-state index in [0.29, 0.717) is 5.69 Å². The van der Waals surface area contributed by atoms with Crippen LogP contribution in [-0.4, -0.2) is 24.4 Å². The predicted molar refractivity (Wildman–Crippen MR) is 66.7 cm³/mol. The maximum absolute atomic E-state index is 13.2. The first-order valence-electron chi connectivity index (χ1n) is 5.52. The summed E-state index contributed by atoms with van der Waals surface area (Å²) in [6.07, 6.45) is 0. The molecule has 6 heteroatoms. The van der Waals surface area contributed by atoms with Gasteiger partial charge in [-0.2, -0.15) is 0 Å². The molecular formula is C12H16FN3O2. The van der Waals surface area contributed by atoms with Crippen LogP contribution in [0.1, 0.15) is 24.2 Å². The third-order valence-corrected chi connectivity index (χ3v) is 2.19. The van der Waals surface area contributed by atoms with Gasteiger partial charge >= 0.3 is 0 Å². The first kappa shape index (κ1) is 14.1.